The number of aromatic nitrogens is 2. The van der Waals surface area contributed by atoms with E-state index in [0.29, 0.717) is 17.8 Å². The third-order valence-electron chi connectivity index (χ3n) is 3.29. The lowest BCUT2D eigenvalue weighted by Gasteiger charge is -2.17. The Hall–Kier alpha value is -1.63. The van der Waals surface area contributed by atoms with E-state index in [1.54, 1.807) is 23.0 Å². The van der Waals surface area contributed by atoms with Crippen molar-refractivity contribution in [1.82, 2.24) is 9.55 Å². The van der Waals surface area contributed by atoms with Gasteiger partial charge in [-0.1, -0.05) is 0 Å². The quantitative estimate of drug-likeness (QED) is 0.709. The van der Waals surface area contributed by atoms with Crippen LogP contribution in [0, 0.1) is 0 Å². The molecule has 0 radical (unpaired) electrons. The molecule has 1 fully saturated rings. The van der Waals surface area contributed by atoms with Gasteiger partial charge in [0.25, 0.3) is 0 Å². The third-order valence-corrected chi connectivity index (χ3v) is 3.29. The number of ether oxygens (including phenoxy) is 1. The molecule has 0 saturated carbocycles. The Bertz CT molecular complexity index is 569. The minimum absolute atomic E-state index is 0.0949. The van der Waals surface area contributed by atoms with E-state index in [2.05, 4.69) is 4.98 Å². The van der Waals surface area contributed by atoms with Crippen LogP contribution in [0.4, 0.5) is 5.69 Å². The normalized spacial score (nSPS) is 28.0. The van der Waals surface area contributed by atoms with Crippen molar-refractivity contribution >= 4 is 16.7 Å². The van der Waals surface area contributed by atoms with Gasteiger partial charge < -0.3 is 25.3 Å². The summed E-state index contributed by atoms with van der Waals surface area (Å²) < 4.78 is 7.35. The highest BCUT2D eigenvalue weighted by molar-refractivity contribution is 5.88. The maximum absolute atomic E-state index is 9.98. The number of hydrogen-bond donors (Lipinski definition) is 3. The summed E-state index contributed by atoms with van der Waals surface area (Å²) >= 11 is 0. The number of rotatable bonds is 2. The molecule has 0 spiro atoms. The second-order valence-corrected chi connectivity index (χ2v) is 4.49. The van der Waals surface area contributed by atoms with E-state index >= 15 is 0 Å². The molecule has 18 heavy (non-hydrogen) atoms. The minimum Gasteiger partial charge on any atom is -0.398 e. The molecule has 0 aromatic carbocycles. The van der Waals surface area contributed by atoms with Gasteiger partial charge in [0, 0.05) is 29.9 Å². The molecule has 1 aliphatic rings. The number of fused-ring (bicyclic) bond motifs is 1. The highest BCUT2D eigenvalue weighted by atomic mass is 16.5. The number of anilines is 1. The van der Waals surface area contributed by atoms with E-state index in [9.17, 15) is 5.11 Å². The summed E-state index contributed by atoms with van der Waals surface area (Å²) in [6.07, 6.45) is 2.34. The first-order valence-electron chi connectivity index (χ1n) is 5.86. The number of aliphatic hydroxyl groups is 2. The summed E-state index contributed by atoms with van der Waals surface area (Å²) in [6, 6.07) is 3.58. The second kappa shape index (κ2) is 4.24. The first-order chi connectivity index (χ1) is 8.70. The van der Waals surface area contributed by atoms with Crippen molar-refractivity contribution in [2.45, 2.75) is 24.9 Å². The van der Waals surface area contributed by atoms with Crippen molar-refractivity contribution in [3.05, 3.63) is 24.5 Å². The Morgan fingerprint density at radius 3 is 3.06 bits per heavy atom. The molecule has 3 heterocycles. The molecule has 3 atom stereocenters. The lowest BCUT2D eigenvalue weighted by atomic mass is 10.2. The van der Waals surface area contributed by atoms with E-state index in [1.165, 1.54) is 0 Å². The highest BCUT2D eigenvalue weighted by Crippen LogP contribution is 2.32. The van der Waals surface area contributed by atoms with Crippen molar-refractivity contribution in [3.63, 3.8) is 0 Å². The largest absolute Gasteiger partial charge is 0.398 e. The van der Waals surface area contributed by atoms with Crippen LogP contribution in [-0.2, 0) is 4.74 Å². The highest BCUT2D eigenvalue weighted by Gasteiger charge is 2.35. The van der Waals surface area contributed by atoms with Crippen LogP contribution in [-0.4, -0.2) is 38.6 Å². The first-order valence-corrected chi connectivity index (χ1v) is 5.86. The van der Waals surface area contributed by atoms with Gasteiger partial charge in [-0.05, 0) is 12.1 Å². The van der Waals surface area contributed by atoms with E-state index in [0.717, 1.165) is 5.39 Å². The van der Waals surface area contributed by atoms with Gasteiger partial charge in [-0.2, -0.15) is 0 Å². The lowest BCUT2D eigenvalue weighted by molar-refractivity contribution is -0.0484. The van der Waals surface area contributed by atoms with Gasteiger partial charge in [0.1, 0.15) is 11.8 Å². The lowest BCUT2D eigenvalue weighted by Crippen LogP contribution is -2.19. The van der Waals surface area contributed by atoms with Gasteiger partial charge in [0.15, 0.2) is 6.23 Å². The van der Waals surface area contributed by atoms with Crippen molar-refractivity contribution in [2.24, 2.45) is 0 Å². The van der Waals surface area contributed by atoms with Crippen molar-refractivity contribution < 1.29 is 14.9 Å². The summed E-state index contributed by atoms with van der Waals surface area (Å²) in [6.45, 7) is -0.0949. The van der Waals surface area contributed by atoms with Gasteiger partial charge in [-0.25, -0.2) is 4.98 Å². The predicted octanol–water partition coefficient (Wildman–Crippen LogP) is 0.259. The molecule has 2 aromatic rings. The number of hydrogen-bond acceptors (Lipinski definition) is 5. The van der Waals surface area contributed by atoms with Gasteiger partial charge in [0.2, 0.25) is 0 Å². The third kappa shape index (κ3) is 1.66. The molecule has 96 valence electrons. The summed E-state index contributed by atoms with van der Waals surface area (Å²) in [4.78, 5) is 4.26. The average Bonchev–Trinajstić information content (AvgIpc) is 2.93. The SMILES string of the molecule is Nc1ccnc2c1ccn2[C@@H]1O[C@H](CO)C[C@H]1O. The Morgan fingerprint density at radius 2 is 2.33 bits per heavy atom. The van der Waals surface area contributed by atoms with E-state index < -0.39 is 12.3 Å². The topological polar surface area (TPSA) is 93.5 Å². The van der Waals surface area contributed by atoms with Crippen LogP contribution in [0.1, 0.15) is 12.6 Å². The molecule has 4 N–H and O–H groups in total. The zero-order valence-corrected chi connectivity index (χ0v) is 9.73. The summed E-state index contributed by atoms with van der Waals surface area (Å²) in [5.74, 6) is 0. The van der Waals surface area contributed by atoms with Crippen LogP contribution < -0.4 is 5.73 Å². The van der Waals surface area contributed by atoms with Crippen molar-refractivity contribution in [1.29, 1.82) is 0 Å². The maximum atomic E-state index is 9.98. The number of nitrogens with zero attached hydrogens (tertiary/aromatic N) is 2. The monoisotopic (exact) mass is 249 g/mol. The molecule has 0 aliphatic carbocycles. The second-order valence-electron chi connectivity index (χ2n) is 4.49. The average molecular weight is 249 g/mol. The fourth-order valence-corrected chi connectivity index (χ4v) is 2.38. The van der Waals surface area contributed by atoms with E-state index in [1.807, 2.05) is 6.07 Å². The zero-order chi connectivity index (χ0) is 12.7. The van der Waals surface area contributed by atoms with Crippen LogP contribution in [0.25, 0.3) is 11.0 Å². The predicted molar refractivity (Wildman–Crippen MR) is 65.8 cm³/mol. The Labute approximate surface area is 104 Å². The number of aliphatic hydroxyl groups excluding tert-OH is 2. The minimum atomic E-state index is -0.652. The molecule has 6 nitrogen and oxygen atoms in total. The van der Waals surface area contributed by atoms with Gasteiger partial charge >= 0.3 is 0 Å². The van der Waals surface area contributed by atoms with Crippen LogP contribution in [0.2, 0.25) is 0 Å². The number of pyridine rings is 1. The smallest absolute Gasteiger partial charge is 0.161 e. The van der Waals surface area contributed by atoms with Crippen molar-refractivity contribution in [3.8, 4) is 0 Å². The molecular weight excluding hydrogens is 234 g/mol. The maximum Gasteiger partial charge on any atom is 0.161 e. The molecule has 0 unspecified atom stereocenters. The van der Waals surface area contributed by atoms with Crippen LogP contribution >= 0.6 is 0 Å². The Balaban J connectivity index is 2.02. The van der Waals surface area contributed by atoms with Crippen LogP contribution in [0.15, 0.2) is 24.5 Å². The molecule has 2 aromatic heterocycles. The van der Waals surface area contributed by atoms with Gasteiger partial charge in [0.05, 0.1) is 12.7 Å². The molecule has 0 bridgehead atoms. The van der Waals surface area contributed by atoms with Crippen LogP contribution in [0.3, 0.4) is 0 Å². The zero-order valence-electron chi connectivity index (χ0n) is 9.73. The molecule has 0 amide bonds. The van der Waals surface area contributed by atoms with Crippen LogP contribution in [0.5, 0.6) is 0 Å². The van der Waals surface area contributed by atoms with Crippen molar-refractivity contribution in [2.75, 3.05) is 12.3 Å². The molecular formula is C12H15N3O3. The summed E-state index contributed by atoms with van der Waals surface area (Å²) in [7, 11) is 0. The van der Waals surface area contributed by atoms with E-state index in [4.69, 9.17) is 15.6 Å². The first kappa shape index (κ1) is 11.5. The summed E-state index contributed by atoms with van der Waals surface area (Å²) in [5.41, 5.74) is 7.18. The molecule has 1 aliphatic heterocycles. The Kier molecular flexibility index (Phi) is 2.70. The van der Waals surface area contributed by atoms with E-state index in [-0.39, 0.29) is 12.7 Å². The Morgan fingerprint density at radius 1 is 1.50 bits per heavy atom. The fraction of sp³-hybridized carbons (Fsp3) is 0.417. The summed E-state index contributed by atoms with van der Waals surface area (Å²) in [5, 5.41) is 19.9. The number of nitrogen functional groups attached to an aromatic ring is 1. The van der Waals surface area contributed by atoms with Gasteiger partial charge in [-0.15, -0.1) is 0 Å². The molecule has 6 heteroatoms. The standard InChI is InChI=1S/C12H15N3O3/c13-9-1-3-14-11-8(9)2-4-15(11)12-10(17)5-7(6-16)18-12/h1-4,7,10,12,16-17H,5-6H2,(H2,13,14)/t7-,10+,12+/m0/s1. The number of nitrogens with two attached hydrogens (primary N) is 1. The molecule has 3 rings (SSSR count). The van der Waals surface area contributed by atoms with Gasteiger partial charge in [-0.3, -0.25) is 0 Å². The molecule has 1 saturated heterocycles. The fourth-order valence-electron chi connectivity index (χ4n) is 2.38.